The van der Waals surface area contributed by atoms with Crippen LogP contribution in [0.2, 0.25) is 0 Å². The number of hydrogen-bond acceptors (Lipinski definition) is 2. The fraction of sp³-hybridized carbons (Fsp3) is 0.381. The minimum Gasteiger partial charge on any atom is -0.325 e. The summed E-state index contributed by atoms with van der Waals surface area (Å²) < 4.78 is 13.9. The van der Waals surface area contributed by atoms with Gasteiger partial charge in [0.05, 0.1) is 5.25 Å². The van der Waals surface area contributed by atoms with Crippen molar-refractivity contribution in [1.82, 2.24) is 0 Å². The van der Waals surface area contributed by atoms with Gasteiger partial charge in [-0.05, 0) is 43.9 Å². The van der Waals surface area contributed by atoms with Crippen LogP contribution in [0.1, 0.15) is 55.6 Å². The van der Waals surface area contributed by atoms with E-state index in [1.807, 2.05) is 45.0 Å². The SMILES string of the molecule is Cc1cccc(C(C)C)c1NC(=O)C(C)SC(C)c1ccccc1F. The smallest absolute Gasteiger partial charge is 0.237 e. The molecule has 0 radical (unpaired) electrons. The lowest BCUT2D eigenvalue weighted by Gasteiger charge is -2.21. The molecule has 4 heteroatoms. The zero-order valence-electron chi connectivity index (χ0n) is 15.5. The molecule has 0 aliphatic rings. The fourth-order valence-electron chi connectivity index (χ4n) is 2.81. The average Bonchev–Trinajstić information content (AvgIpc) is 2.56. The Balaban J connectivity index is 2.10. The summed E-state index contributed by atoms with van der Waals surface area (Å²) in [4.78, 5) is 12.7. The van der Waals surface area contributed by atoms with Gasteiger partial charge in [0.25, 0.3) is 0 Å². The number of aryl methyl sites for hydroxylation is 1. The molecule has 0 saturated heterocycles. The van der Waals surface area contributed by atoms with Gasteiger partial charge in [-0.25, -0.2) is 4.39 Å². The Morgan fingerprint density at radius 2 is 1.64 bits per heavy atom. The van der Waals surface area contributed by atoms with Crippen LogP contribution in [-0.4, -0.2) is 11.2 Å². The maximum Gasteiger partial charge on any atom is 0.237 e. The van der Waals surface area contributed by atoms with Crippen LogP contribution in [0.3, 0.4) is 0 Å². The third kappa shape index (κ3) is 4.85. The van der Waals surface area contributed by atoms with Gasteiger partial charge in [-0.1, -0.05) is 50.2 Å². The van der Waals surface area contributed by atoms with Gasteiger partial charge < -0.3 is 5.32 Å². The second-order valence-electron chi connectivity index (χ2n) is 6.63. The van der Waals surface area contributed by atoms with Crippen LogP contribution in [0.25, 0.3) is 0 Å². The van der Waals surface area contributed by atoms with Gasteiger partial charge in [-0.2, -0.15) is 0 Å². The van der Waals surface area contributed by atoms with E-state index in [2.05, 4.69) is 19.2 Å². The number of carbonyl (C=O) groups excluding carboxylic acids is 1. The molecular formula is C21H26FNOS. The monoisotopic (exact) mass is 359 g/mol. The molecule has 0 aliphatic carbocycles. The van der Waals surface area contributed by atoms with Crippen molar-refractivity contribution in [3.8, 4) is 0 Å². The van der Waals surface area contributed by atoms with Gasteiger partial charge in [0, 0.05) is 16.5 Å². The van der Waals surface area contributed by atoms with Crippen LogP contribution in [0, 0.1) is 12.7 Å². The van der Waals surface area contributed by atoms with E-state index < -0.39 is 0 Å². The van der Waals surface area contributed by atoms with E-state index in [1.54, 1.807) is 12.1 Å². The van der Waals surface area contributed by atoms with E-state index in [0.717, 1.165) is 16.8 Å². The lowest BCUT2D eigenvalue weighted by atomic mass is 9.98. The van der Waals surface area contributed by atoms with Gasteiger partial charge >= 0.3 is 0 Å². The van der Waals surface area contributed by atoms with Crippen molar-refractivity contribution in [2.24, 2.45) is 0 Å². The molecule has 2 aromatic carbocycles. The first-order valence-corrected chi connectivity index (χ1v) is 9.55. The summed E-state index contributed by atoms with van der Waals surface area (Å²) in [6, 6.07) is 12.8. The van der Waals surface area contributed by atoms with E-state index in [-0.39, 0.29) is 22.2 Å². The molecule has 2 aromatic rings. The predicted molar refractivity (Wildman–Crippen MR) is 106 cm³/mol. The lowest BCUT2D eigenvalue weighted by Crippen LogP contribution is -2.24. The average molecular weight is 360 g/mol. The number of anilines is 1. The van der Waals surface area contributed by atoms with E-state index in [1.165, 1.54) is 17.8 Å². The first kappa shape index (κ1) is 19.5. The molecule has 2 rings (SSSR count). The third-order valence-electron chi connectivity index (χ3n) is 4.30. The van der Waals surface area contributed by atoms with Crippen LogP contribution < -0.4 is 5.32 Å². The van der Waals surface area contributed by atoms with E-state index in [4.69, 9.17) is 0 Å². The largest absolute Gasteiger partial charge is 0.325 e. The summed E-state index contributed by atoms with van der Waals surface area (Å²) in [7, 11) is 0. The first-order chi connectivity index (χ1) is 11.8. The number of halogens is 1. The highest BCUT2D eigenvalue weighted by atomic mass is 32.2. The number of amides is 1. The van der Waals surface area contributed by atoms with Gasteiger partial charge in [-0.3, -0.25) is 4.79 Å². The van der Waals surface area contributed by atoms with E-state index in [0.29, 0.717) is 11.5 Å². The number of benzene rings is 2. The summed E-state index contributed by atoms with van der Waals surface area (Å²) in [6.07, 6.45) is 0. The number of carbonyl (C=O) groups is 1. The van der Waals surface area contributed by atoms with Crippen LogP contribution >= 0.6 is 11.8 Å². The molecule has 1 amide bonds. The standard InChI is InChI=1S/C21H26FNOS/c1-13(2)17-11-8-9-14(3)20(17)23-21(24)16(5)25-15(4)18-10-6-7-12-19(18)22/h6-13,15-16H,1-5H3,(H,23,24). The van der Waals surface area contributed by atoms with E-state index >= 15 is 0 Å². The Morgan fingerprint density at radius 1 is 1.00 bits per heavy atom. The summed E-state index contributed by atoms with van der Waals surface area (Å²) in [5, 5.41) is 2.70. The number of nitrogens with one attached hydrogen (secondary N) is 1. The van der Waals surface area contributed by atoms with Crippen LogP contribution in [-0.2, 0) is 4.79 Å². The van der Waals surface area contributed by atoms with Gasteiger partial charge in [0.2, 0.25) is 5.91 Å². The summed E-state index contributed by atoms with van der Waals surface area (Å²) in [5.41, 5.74) is 3.71. The number of hydrogen-bond donors (Lipinski definition) is 1. The number of thioether (sulfide) groups is 1. The van der Waals surface area contributed by atoms with Crippen molar-refractivity contribution in [3.63, 3.8) is 0 Å². The van der Waals surface area contributed by atoms with Crippen LogP contribution in [0.5, 0.6) is 0 Å². The second-order valence-corrected chi connectivity index (χ2v) is 8.31. The molecule has 0 fully saturated rings. The molecular weight excluding hydrogens is 333 g/mol. The Labute approximate surface area is 154 Å². The number of rotatable bonds is 6. The molecule has 2 nitrogen and oxygen atoms in total. The summed E-state index contributed by atoms with van der Waals surface area (Å²) >= 11 is 1.46. The minimum absolute atomic E-state index is 0.0515. The molecule has 25 heavy (non-hydrogen) atoms. The zero-order chi connectivity index (χ0) is 18.6. The molecule has 0 bridgehead atoms. The minimum atomic E-state index is -0.283. The maximum absolute atomic E-state index is 13.9. The third-order valence-corrected chi connectivity index (χ3v) is 5.58. The van der Waals surface area contributed by atoms with Crippen molar-refractivity contribution >= 4 is 23.4 Å². The normalized spacial score (nSPS) is 13.6. The predicted octanol–water partition coefficient (Wildman–Crippen LogP) is 6.08. The summed E-state index contributed by atoms with van der Waals surface area (Å²) in [6.45, 7) is 10.0. The van der Waals surface area contributed by atoms with Gasteiger partial charge in [0.15, 0.2) is 0 Å². The molecule has 2 atom stereocenters. The van der Waals surface area contributed by atoms with Crippen molar-refractivity contribution < 1.29 is 9.18 Å². The Kier molecular flexibility index (Phi) is 6.65. The zero-order valence-corrected chi connectivity index (χ0v) is 16.3. The molecule has 0 aliphatic heterocycles. The van der Waals surface area contributed by atoms with Gasteiger partial charge in [-0.15, -0.1) is 11.8 Å². The molecule has 0 aromatic heterocycles. The van der Waals surface area contributed by atoms with Crippen molar-refractivity contribution in [2.75, 3.05) is 5.32 Å². The van der Waals surface area contributed by atoms with Crippen LogP contribution in [0.4, 0.5) is 10.1 Å². The molecule has 0 heterocycles. The van der Waals surface area contributed by atoms with E-state index in [9.17, 15) is 9.18 Å². The van der Waals surface area contributed by atoms with Crippen molar-refractivity contribution in [1.29, 1.82) is 0 Å². The summed E-state index contributed by atoms with van der Waals surface area (Å²) in [5.74, 6) is 0.0518. The number of para-hydroxylation sites is 1. The first-order valence-electron chi connectivity index (χ1n) is 8.61. The molecule has 0 spiro atoms. The second kappa shape index (κ2) is 8.52. The topological polar surface area (TPSA) is 29.1 Å². The highest BCUT2D eigenvalue weighted by molar-refractivity contribution is 8.00. The Morgan fingerprint density at radius 3 is 2.28 bits per heavy atom. The van der Waals surface area contributed by atoms with Gasteiger partial charge in [0.1, 0.15) is 5.82 Å². The highest BCUT2D eigenvalue weighted by Gasteiger charge is 2.21. The maximum atomic E-state index is 13.9. The molecule has 0 saturated carbocycles. The Hall–Kier alpha value is -1.81. The molecule has 2 unspecified atom stereocenters. The Bertz CT molecular complexity index is 744. The molecule has 1 N–H and O–H groups in total. The van der Waals surface area contributed by atoms with Crippen molar-refractivity contribution in [2.45, 2.75) is 51.0 Å². The van der Waals surface area contributed by atoms with Crippen LogP contribution in [0.15, 0.2) is 42.5 Å². The quantitative estimate of drug-likeness (QED) is 0.677. The fourth-order valence-corrected chi connectivity index (χ4v) is 3.95. The lowest BCUT2D eigenvalue weighted by molar-refractivity contribution is -0.115. The van der Waals surface area contributed by atoms with Crippen molar-refractivity contribution in [3.05, 3.63) is 65.0 Å². The highest BCUT2D eigenvalue weighted by Crippen LogP contribution is 2.34. The molecule has 134 valence electrons.